The maximum atomic E-state index is 12.4. The molecule has 0 radical (unpaired) electrons. The second kappa shape index (κ2) is 6.57. The van der Waals surface area contributed by atoms with Crippen LogP contribution in [0.4, 0.5) is 9.80 Å². The van der Waals surface area contributed by atoms with Gasteiger partial charge in [-0.25, -0.2) is 9.59 Å². The molecule has 0 fully saturated rings. The Labute approximate surface area is 144 Å². The van der Waals surface area contributed by atoms with Gasteiger partial charge in [-0.15, -0.1) is 11.3 Å². The molecule has 4 N–H and O–H groups in total. The van der Waals surface area contributed by atoms with E-state index in [0.29, 0.717) is 11.0 Å². The average Bonchev–Trinajstić information content (AvgIpc) is 3.01. The highest BCUT2D eigenvalue weighted by Crippen LogP contribution is 2.24. The monoisotopic (exact) mass is 357 g/mol. The van der Waals surface area contributed by atoms with Crippen LogP contribution in [0.25, 0.3) is 11.0 Å². The summed E-state index contributed by atoms with van der Waals surface area (Å²) in [5.41, 5.74) is 4.33. The lowest BCUT2D eigenvalue weighted by Crippen LogP contribution is -2.35. The van der Waals surface area contributed by atoms with Crippen LogP contribution in [0.3, 0.4) is 0 Å². The number of anilines is 1. The molecule has 0 aliphatic heterocycles. The molecule has 2 aromatic heterocycles. The summed E-state index contributed by atoms with van der Waals surface area (Å²) >= 11 is 1.06. The number of amides is 4. The number of primary amides is 1. The summed E-state index contributed by atoms with van der Waals surface area (Å²) < 4.78 is 5.11. The van der Waals surface area contributed by atoms with E-state index in [2.05, 4.69) is 5.32 Å². The highest BCUT2D eigenvalue weighted by Gasteiger charge is 2.19. The first-order valence-corrected chi connectivity index (χ1v) is 7.86. The highest BCUT2D eigenvalue weighted by atomic mass is 32.1. The first kappa shape index (κ1) is 16.4. The molecular weight excluding hydrogens is 346 g/mol. The Morgan fingerprint density at radius 3 is 2.56 bits per heavy atom. The number of para-hydroxylation sites is 1. The Hall–Kier alpha value is -3.46. The van der Waals surface area contributed by atoms with E-state index < -0.39 is 23.5 Å². The molecule has 8 nitrogen and oxygen atoms in total. The average molecular weight is 357 g/mol. The Kier molecular flexibility index (Phi) is 4.31. The van der Waals surface area contributed by atoms with E-state index in [1.807, 2.05) is 5.32 Å². The molecule has 0 spiro atoms. The van der Waals surface area contributed by atoms with Gasteiger partial charge in [-0.05, 0) is 23.6 Å². The number of hydrogen-bond acceptors (Lipinski definition) is 6. The zero-order valence-electron chi connectivity index (χ0n) is 12.6. The minimum Gasteiger partial charge on any atom is -0.422 e. The van der Waals surface area contributed by atoms with Gasteiger partial charge >= 0.3 is 11.7 Å². The van der Waals surface area contributed by atoms with E-state index in [0.717, 1.165) is 11.3 Å². The molecule has 0 saturated carbocycles. The lowest BCUT2D eigenvalue weighted by Gasteiger charge is -2.06. The van der Waals surface area contributed by atoms with Gasteiger partial charge in [-0.2, -0.15) is 0 Å². The van der Waals surface area contributed by atoms with Gasteiger partial charge < -0.3 is 15.5 Å². The van der Waals surface area contributed by atoms with Crippen LogP contribution in [0.1, 0.15) is 20.7 Å². The van der Waals surface area contributed by atoms with Gasteiger partial charge in [0.05, 0.1) is 5.56 Å². The van der Waals surface area contributed by atoms with Crippen LogP contribution in [0.5, 0.6) is 0 Å². The van der Waals surface area contributed by atoms with Crippen LogP contribution >= 0.6 is 11.3 Å². The summed E-state index contributed by atoms with van der Waals surface area (Å²) in [7, 11) is 0. The van der Waals surface area contributed by atoms with Crippen LogP contribution in [0, 0.1) is 0 Å². The number of fused-ring (bicyclic) bond motifs is 1. The number of nitrogens with two attached hydrogens (primary N) is 1. The zero-order chi connectivity index (χ0) is 18.0. The van der Waals surface area contributed by atoms with Crippen LogP contribution in [-0.4, -0.2) is 17.8 Å². The molecule has 3 rings (SSSR count). The minimum atomic E-state index is -1.01. The van der Waals surface area contributed by atoms with Gasteiger partial charge in [-0.3, -0.25) is 14.9 Å². The normalized spacial score (nSPS) is 10.4. The smallest absolute Gasteiger partial charge is 0.349 e. The van der Waals surface area contributed by atoms with Crippen molar-refractivity contribution >= 4 is 45.2 Å². The summed E-state index contributed by atoms with van der Waals surface area (Å²) in [6.45, 7) is 0. The van der Waals surface area contributed by atoms with E-state index in [1.165, 1.54) is 12.1 Å². The van der Waals surface area contributed by atoms with E-state index in [9.17, 15) is 19.2 Å². The van der Waals surface area contributed by atoms with Crippen molar-refractivity contribution in [3.8, 4) is 0 Å². The maximum Gasteiger partial charge on any atom is 0.349 e. The highest BCUT2D eigenvalue weighted by molar-refractivity contribution is 7.14. The molecule has 3 aromatic rings. The molecular formula is C16H11N3O5S. The third-order valence-corrected chi connectivity index (χ3v) is 4.09. The molecule has 0 aliphatic rings. The second-order valence-electron chi connectivity index (χ2n) is 4.92. The summed E-state index contributed by atoms with van der Waals surface area (Å²) in [5, 5.41) is 6.70. The molecule has 25 heavy (non-hydrogen) atoms. The van der Waals surface area contributed by atoms with Gasteiger partial charge in [0.2, 0.25) is 0 Å². The predicted octanol–water partition coefficient (Wildman–Crippen LogP) is 1.92. The molecule has 9 heteroatoms. The van der Waals surface area contributed by atoms with E-state index in [-0.39, 0.29) is 16.1 Å². The summed E-state index contributed by atoms with van der Waals surface area (Å²) in [4.78, 5) is 47.0. The molecule has 0 bridgehead atoms. The van der Waals surface area contributed by atoms with Crippen molar-refractivity contribution in [2.75, 3.05) is 5.32 Å². The standard InChI is InChI=1S/C16H11N3O5S/c17-16(23)19-12(20)9-5-6-25-14(9)18-13(21)10-7-8-3-1-2-4-11(8)24-15(10)22/h1-7H,(H,18,21)(H3,17,19,20,23). The number of carbonyl (C=O) groups is 3. The van der Waals surface area contributed by atoms with Gasteiger partial charge in [0.25, 0.3) is 11.8 Å². The molecule has 4 amide bonds. The van der Waals surface area contributed by atoms with E-state index in [4.69, 9.17) is 10.2 Å². The molecule has 2 heterocycles. The molecule has 0 atom stereocenters. The molecule has 126 valence electrons. The van der Waals surface area contributed by atoms with Crippen LogP contribution < -0.4 is 22.0 Å². The van der Waals surface area contributed by atoms with Crippen molar-refractivity contribution < 1.29 is 18.8 Å². The van der Waals surface area contributed by atoms with Crippen LogP contribution in [0.15, 0.2) is 51.0 Å². The molecule has 0 unspecified atom stereocenters. The van der Waals surface area contributed by atoms with E-state index >= 15 is 0 Å². The molecule has 1 aromatic carbocycles. The third-order valence-electron chi connectivity index (χ3n) is 3.26. The van der Waals surface area contributed by atoms with Crippen molar-refractivity contribution in [3.63, 3.8) is 0 Å². The van der Waals surface area contributed by atoms with Crippen molar-refractivity contribution in [1.29, 1.82) is 0 Å². The summed E-state index contributed by atoms with van der Waals surface area (Å²) in [6.07, 6.45) is 0. The number of carbonyl (C=O) groups excluding carboxylic acids is 3. The number of benzene rings is 1. The number of rotatable bonds is 3. The lowest BCUT2D eigenvalue weighted by atomic mass is 10.2. The Bertz CT molecular complexity index is 1050. The first-order chi connectivity index (χ1) is 12.0. The molecule has 0 saturated heterocycles. The largest absolute Gasteiger partial charge is 0.422 e. The SMILES string of the molecule is NC(=O)NC(=O)c1ccsc1NC(=O)c1cc2ccccc2oc1=O. The maximum absolute atomic E-state index is 12.4. The quantitative estimate of drug-likeness (QED) is 0.616. The Morgan fingerprint density at radius 2 is 1.80 bits per heavy atom. The van der Waals surface area contributed by atoms with Crippen molar-refractivity contribution in [2.24, 2.45) is 5.73 Å². The lowest BCUT2D eigenvalue weighted by molar-refractivity contribution is 0.0967. The van der Waals surface area contributed by atoms with Crippen molar-refractivity contribution in [2.45, 2.75) is 0 Å². The number of thiophene rings is 1. The Morgan fingerprint density at radius 1 is 1.04 bits per heavy atom. The van der Waals surface area contributed by atoms with Crippen molar-refractivity contribution in [3.05, 3.63) is 63.3 Å². The number of urea groups is 1. The predicted molar refractivity (Wildman–Crippen MR) is 91.8 cm³/mol. The van der Waals surface area contributed by atoms with Gasteiger partial charge in [0, 0.05) is 5.39 Å². The first-order valence-electron chi connectivity index (χ1n) is 6.98. The number of hydrogen-bond donors (Lipinski definition) is 3. The fraction of sp³-hybridized carbons (Fsp3) is 0. The third kappa shape index (κ3) is 3.40. The topological polar surface area (TPSA) is 132 Å². The van der Waals surface area contributed by atoms with Crippen LogP contribution in [0.2, 0.25) is 0 Å². The zero-order valence-corrected chi connectivity index (χ0v) is 13.4. The second-order valence-corrected chi connectivity index (χ2v) is 5.84. The van der Waals surface area contributed by atoms with Gasteiger partial charge in [0.15, 0.2) is 0 Å². The van der Waals surface area contributed by atoms with Crippen LogP contribution in [-0.2, 0) is 0 Å². The Balaban J connectivity index is 1.90. The summed E-state index contributed by atoms with van der Waals surface area (Å²) in [6, 6.07) is 8.59. The summed E-state index contributed by atoms with van der Waals surface area (Å²) in [5.74, 6) is -1.48. The fourth-order valence-corrected chi connectivity index (χ4v) is 2.93. The number of imide groups is 1. The minimum absolute atomic E-state index is 0.0577. The van der Waals surface area contributed by atoms with Gasteiger partial charge in [-0.1, -0.05) is 18.2 Å². The fourth-order valence-electron chi connectivity index (χ4n) is 2.15. The van der Waals surface area contributed by atoms with Gasteiger partial charge in [0.1, 0.15) is 16.1 Å². The number of nitrogens with one attached hydrogen (secondary N) is 2. The van der Waals surface area contributed by atoms with E-state index in [1.54, 1.807) is 29.6 Å². The van der Waals surface area contributed by atoms with Crippen molar-refractivity contribution in [1.82, 2.24) is 5.32 Å². The molecule has 0 aliphatic carbocycles.